The Morgan fingerprint density at radius 1 is 1.33 bits per heavy atom. The van der Waals surface area contributed by atoms with Gasteiger partial charge in [0.15, 0.2) is 0 Å². The molecular weight excluding hydrogens is 324 g/mol. The van der Waals surface area contributed by atoms with Gasteiger partial charge < -0.3 is 10.2 Å². The van der Waals surface area contributed by atoms with Crippen molar-refractivity contribution in [2.24, 2.45) is 0 Å². The van der Waals surface area contributed by atoms with Gasteiger partial charge in [0, 0.05) is 32.0 Å². The molecule has 0 spiro atoms. The standard InChI is InChI=1S/C17H22N4O2S/c22-16(18-8-4-10-20-11-5-9-19-20)14-6-1-2-12-21(14)17(23)15-7-3-13-24-15/h3,5,7,9,11,13-14H,1-2,4,6,8,10,12H2,(H,18,22). The number of amides is 2. The Morgan fingerprint density at radius 2 is 2.25 bits per heavy atom. The van der Waals surface area contributed by atoms with Crippen molar-refractivity contribution in [2.75, 3.05) is 13.1 Å². The van der Waals surface area contributed by atoms with Gasteiger partial charge >= 0.3 is 0 Å². The van der Waals surface area contributed by atoms with Crippen LogP contribution in [0.2, 0.25) is 0 Å². The van der Waals surface area contributed by atoms with Gasteiger partial charge in [0.05, 0.1) is 4.88 Å². The first kappa shape index (κ1) is 16.7. The van der Waals surface area contributed by atoms with E-state index in [1.807, 2.05) is 34.5 Å². The Morgan fingerprint density at radius 3 is 3.00 bits per heavy atom. The number of carbonyl (C=O) groups is 2. The second-order valence-electron chi connectivity index (χ2n) is 5.90. The minimum Gasteiger partial charge on any atom is -0.354 e. The van der Waals surface area contributed by atoms with Crippen molar-refractivity contribution < 1.29 is 9.59 Å². The van der Waals surface area contributed by atoms with Crippen LogP contribution in [0, 0.1) is 0 Å². The minimum atomic E-state index is -0.349. The van der Waals surface area contributed by atoms with E-state index in [9.17, 15) is 9.59 Å². The van der Waals surface area contributed by atoms with Crippen LogP contribution in [0.4, 0.5) is 0 Å². The van der Waals surface area contributed by atoms with Crippen molar-refractivity contribution in [3.05, 3.63) is 40.8 Å². The third-order valence-electron chi connectivity index (χ3n) is 4.22. The Hall–Kier alpha value is -2.15. The van der Waals surface area contributed by atoms with Crippen molar-refractivity contribution in [1.82, 2.24) is 20.0 Å². The molecule has 3 heterocycles. The Kier molecular flexibility index (Phi) is 5.63. The van der Waals surface area contributed by atoms with Gasteiger partial charge in [-0.2, -0.15) is 5.10 Å². The fraction of sp³-hybridized carbons (Fsp3) is 0.471. The number of hydrogen-bond acceptors (Lipinski definition) is 4. The van der Waals surface area contributed by atoms with Crippen molar-refractivity contribution >= 4 is 23.2 Å². The van der Waals surface area contributed by atoms with E-state index in [2.05, 4.69) is 10.4 Å². The summed E-state index contributed by atoms with van der Waals surface area (Å²) in [4.78, 5) is 27.6. The molecule has 24 heavy (non-hydrogen) atoms. The van der Waals surface area contributed by atoms with Gasteiger partial charge in [0.25, 0.3) is 5.91 Å². The number of aromatic nitrogens is 2. The number of nitrogens with zero attached hydrogens (tertiary/aromatic N) is 3. The van der Waals surface area contributed by atoms with Crippen molar-refractivity contribution in [3.8, 4) is 0 Å². The summed E-state index contributed by atoms with van der Waals surface area (Å²) in [5.74, 6) is -0.0681. The number of aryl methyl sites for hydroxylation is 1. The summed E-state index contributed by atoms with van der Waals surface area (Å²) in [6, 6.07) is 5.22. The van der Waals surface area contributed by atoms with Crippen molar-refractivity contribution in [2.45, 2.75) is 38.3 Å². The lowest BCUT2D eigenvalue weighted by Gasteiger charge is -2.34. The number of hydrogen-bond donors (Lipinski definition) is 1. The highest BCUT2D eigenvalue weighted by atomic mass is 32.1. The molecule has 2 aromatic rings. The molecule has 0 aliphatic carbocycles. The summed E-state index contributed by atoms with van der Waals surface area (Å²) in [6.45, 7) is 2.02. The Balaban J connectivity index is 1.52. The van der Waals surface area contributed by atoms with Gasteiger partial charge in [-0.05, 0) is 43.2 Å². The second kappa shape index (κ2) is 8.10. The topological polar surface area (TPSA) is 67.2 Å². The van der Waals surface area contributed by atoms with E-state index in [0.29, 0.717) is 18.0 Å². The molecule has 0 radical (unpaired) electrons. The summed E-state index contributed by atoms with van der Waals surface area (Å²) < 4.78 is 1.85. The smallest absolute Gasteiger partial charge is 0.264 e. The van der Waals surface area contributed by atoms with E-state index < -0.39 is 0 Å². The predicted molar refractivity (Wildman–Crippen MR) is 92.8 cm³/mol. The molecule has 1 atom stereocenters. The minimum absolute atomic E-state index is 0.0265. The van der Waals surface area contributed by atoms with Gasteiger partial charge in [-0.1, -0.05) is 6.07 Å². The van der Waals surface area contributed by atoms with Crippen LogP contribution in [0.15, 0.2) is 36.0 Å². The summed E-state index contributed by atoms with van der Waals surface area (Å²) in [7, 11) is 0. The first-order chi connectivity index (χ1) is 11.8. The molecule has 2 amide bonds. The second-order valence-corrected chi connectivity index (χ2v) is 6.85. The maximum atomic E-state index is 12.6. The lowest BCUT2D eigenvalue weighted by molar-refractivity contribution is -0.126. The molecule has 128 valence electrons. The van der Waals surface area contributed by atoms with Gasteiger partial charge in [-0.15, -0.1) is 11.3 Å². The molecule has 0 saturated carbocycles. The predicted octanol–water partition coefficient (Wildman–Crippen LogP) is 2.15. The molecule has 0 aromatic carbocycles. The molecule has 1 aliphatic rings. The number of likely N-dealkylation sites (tertiary alicyclic amines) is 1. The number of rotatable bonds is 6. The first-order valence-corrected chi connectivity index (χ1v) is 9.23. The number of thiophene rings is 1. The molecule has 1 saturated heterocycles. The summed E-state index contributed by atoms with van der Waals surface area (Å²) >= 11 is 1.43. The van der Waals surface area contributed by atoms with Crippen LogP contribution >= 0.6 is 11.3 Å². The SMILES string of the molecule is O=C(NCCCn1cccn1)C1CCCCN1C(=O)c1cccs1. The van der Waals surface area contributed by atoms with E-state index in [4.69, 9.17) is 0 Å². The third-order valence-corrected chi connectivity index (χ3v) is 5.08. The van der Waals surface area contributed by atoms with E-state index in [1.54, 1.807) is 11.1 Å². The maximum Gasteiger partial charge on any atom is 0.264 e. The number of carbonyl (C=O) groups excluding carboxylic acids is 2. The summed E-state index contributed by atoms with van der Waals surface area (Å²) in [5.41, 5.74) is 0. The quantitative estimate of drug-likeness (QED) is 0.815. The zero-order valence-corrected chi connectivity index (χ0v) is 14.4. The van der Waals surface area contributed by atoms with E-state index >= 15 is 0 Å². The van der Waals surface area contributed by atoms with Crippen molar-refractivity contribution in [3.63, 3.8) is 0 Å². The number of piperidine rings is 1. The lowest BCUT2D eigenvalue weighted by Crippen LogP contribution is -2.52. The average molecular weight is 346 g/mol. The van der Waals surface area contributed by atoms with Gasteiger partial charge in [-0.25, -0.2) is 0 Å². The maximum absolute atomic E-state index is 12.6. The van der Waals surface area contributed by atoms with Gasteiger partial charge in [0.2, 0.25) is 5.91 Å². The van der Waals surface area contributed by atoms with Gasteiger partial charge in [-0.3, -0.25) is 14.3 Å². The fourth-order valence-electron chi connectivity index (χ4n) is 2.99. The Labute approximate surface area is 145 Å². The van der Waals surface area contributed by atoms with E-state index in [-0.39, 0.29) is 17.9 Å². The molecule has 0 bridgehead atoms. The average Bonchev–Trinajstić information content (AvgIpc) is 3.31. The summed E-state index contributed by atoms with van der Waals surface area (Å²) in [6.07, 6.45) is 7.15. The highest BCUT2D eigenvalue weighted by Gasteiger charge is 2.32. The van der Waals surface area contributed by atoms with Crippen LogP contribution in [0.1, 0.15) is 35.4 Å². The fourth-order valence-corrected chi connectivity index (χ4v) is 3.67. The highest BCUT2D eigenvalue weighted by Crippen LogP contribution is 2.21. The van der Waals surface area contributed by atoms with E-state index in [1.165, 1.54) is 11.3 Å². The van der Waals surface area contributed by atoms with Crippen LogP contribution in [0.25, 0.3) is 0 Å². The van der Waals surface area contributed by atoms with E-state index in [0.717, 1.165) is 32.2 Å². The molecule has 3 rings (SSSR count). The highest BCUT2D eigenvalue weighted by molar-refractivity contribution is 7.12. The van der Waals surface area contributed by atoms with Crippen LogP contribution in [0.3, 0.4) is 0 Å². The zero-order valence-electron chi connectivity index (χ0n) is 13.6. The largest absolute Gasteiger partial charge is 0.354 e. The van der Waals surface area contributed by atoms with Crippen LogP contribution in [0.5, 0.6) is 0 Å². The summed E-state index contributed by atoms with van der Waals surface area (Å²) in [5, 5.41) is 9.00. The van der Waals surface area contributed by atoms with Gasteiger partial charge in [0.1, 0.15) is 6.04 Å². The zero-order chi connectivity index (χ0) is 16.8. The molecule has 1 unspecified atom stereocenters. The third kappa shape index (κ3) is 4.03. The molecule has 6 nitrogen and oxygen atoms in total. The molecule has 1 fully saturated rings. The molecular formula is C17H22N4O2S. The normalized spacial score (nSPS) is 17.7. The molecule has 1 N–H and O–H groups in total. The molecule has 7 heteroatoms. The van der Waals surface area contributed by atoms with Crippen LogP contribution in [-0.2, 0) is 11.3 Å². The van der Waals surface area contributed by atoms with Crippen molar-refractivity contribution in [1.29, 1.82) is 0 Å². The number of nitrogens with one attached hydrogen (secondary N) is 1. The molecule has 2 aromatic heterocycles. The Bertz CT molecular complexity index is 654. The monoisotopic (exact) mass is 346 g/mol. The molecule has 1 aliphatic heterocycles. The first-order valence-electron chi connectivity index (χ1n) is 8.35. The van der Waals surface area contributed by atoms with Crippen LogP contribution < -0.4 is 5.32 Å². The lowest BCUT2D eigenvalue weighted by atomic mass is 10.0. The van der Waals surface area contributed by atoms with Crippen LogP contribution in [-0.4, -0.2) is 45.6 Å².